The van der Waals surface area contributed by atoms with Crippen LogP contribution < -0.4 is 5.32 Å². The van der Waals surface area contributed by atoms with Crippen molar-refractivity contribution in [3.05, 3.63) is 54.1 Å². The van der Waals surface area contributed by atoms with Gasteiger partial charge in [-0.15, -0.1) is 0 Å². The number of aryl methyl sites for hydroxylation is 1. The van der Waals surface area contributed by atoms with Crippen molar-refractivity contribution < 1.29 is 4.79 Å². The number of nitrogens with one attached hydrogen (secondary N) is 1. The zero-order valence-corrected chi connectivity index (χ0v) is 17.2. The molecule has 6 nitrogen and oxygen atoms in total. The molecule has 1 N–H and O–H groups in total. The number of carbonyl (C=O) groups excluding carboxylic acids is 1. The van der Waals surface area contributed by atoms with E-state index in [4.69, 9.17) is 0 Å². The molecule has 1 saturated heterocycles. The Morgan fingerprint density at radius 1 is 1.18 bits per heavy atom. The molecule has 0 bridgehead atoms. The molecule has 2 aromatic rings. The van der Waals surface area contributed by atoms with Gasteiger partial charge in [0.15, 0.2) is 0 Å². The highest BCUT2D eigenvalue weighted by Gasteiger charge is 2.22. The summed E-state index contributed by atoms with van der Waals surface area (Å²) in [5.41, 5.74) is 1.28. The van der Waals surface area contributed by atoms with Crippen molar-refractivity contribution >= 4 is 6.03 Å². The Hall–Kier alpha value is -2.34. The zero-order chi connectivity index (χ0) is 19.8. The highest BCUT2D eigenvalue weighted by molar-refractivity contribution is 5.73. The van der Waals surface area contributed by atoms with E-state index in [1.54, 1.807) is 11.1 Å². The molecule has 2 heterocycles. The molecule has 0 spiro atoms. The van der Waals surface area contributed by atoms with Crippen molar-refractivity contribution in [1.29, 1.82) is 0 Å². The van der Waals surface area contributed by atoms with Crippen LogP contribution in [0.15, 0.2) is 42.7 Å². The monoisotopic (exact) mass is 383 g/mol. The quantitative estimate of drug-likeness (QED) is 0.797. The van der Waals surface area contributed by atoms with Gasteiger partial charge in [0.05, 0.1) is 6.04 Å². The van der Waals surface area contributed by atoms with Crippen molar-refractivity contribution in [2.75, 3.05) is 33.2 Å². The first kappa shape index (κ1) is 20.4. The number of likely N-dealkylation sites (tertiary alicyclic amines) is 1. The summed E-state index contributed by atoms with van der Waals surface area (Å²) in [7, 11) is 1.85. The molecular weight excluding hydrogens is 350 g/mol. The highest BCUT2D eigenvalue weighted by Crippen LogP contribution is 2.23. The van der Waals surface area contributed by atoms with Crippen molar-refractivity contribution in [2.45, 2.75) is 45.2 Å². The predicted molar refractivity (Wildman–Crippen MR) is 112 cm³/mol. The first-order valence-corrected chi connectivity index (χ1v) is 10.4. The summed E-state index contributed by atoms with van der Waals surface area (Å²) < 4.78 is 2.06. The van der Waals surface area contributed by atoms with E-state index in [1.165, 1.54) is 31.2 Å². The molecule has 0 radical (unpaired) electrons. The largest absolute Gasteiger partial charge is 0.336 e. The van der Waals surface area contributed by atoms with E-state index < -0.39 is 0 Å². The summed E-state index contributed by atoms with van der Waals surface area (Å²) >= 11 is 0. The van der Waals surface area contributed by atoms with E-state index in [9.17, 15) is 4.79 Å². The number of benzene rings is 1. The topological polar surface area (TPSA) is 53.4 Å². The summed E-state index contributed by atoms with van der Waals surface area (Å²) in [4.78, 5) is 21.2. The number of imidazole rings is 1. The van der Waals surface area contributed by atoms with Gasteiger partial charge in [-0.1, -0.05) is 43.2 Å². The third kappa shape index (κ3) is 5.58. The third-order valence-corrected chi connectivity index (χ3v) is 5.66. The fourth-order valence-electron chi connectivity index (χ4n) is 3.86. The van der Waals surface area contributed by atoms with E-state index in [1.807, 2.05) is 26.2 Å². The van der Waals surface area contributed by atoms with Crippen LogP contribution >= 0.6 is 0 Å². The number of rotatable bonds is 7. The molecule has 6 heteroatoms. The minimum absolute atomic E-state index is 0.0199. The average molecular weight is 384 g/mol. The van der Waals surface area contributed by atoms with Gasteiger partial charge in [0.2, 0.25) is 0 Å². The van der Waals surface area contributed by atoms with Gasteiger partial charge >= 0.3 is 6.03 Å². The molecule has 3 rings (SSSR count). The van der Waals surface area contributed by atoms with Crippen LogP contribution in [-0.2, 0) is 6.54 Å². The maximum atomic E-state index is 12.6. The van der Waals surface area contributed by atoms with Gasteiger partial charge in [0.25, 0.3) is 0 Å². The van der Waals surface area contributed by atoms with Crippen molar-refractivity contribution in [2.24, 2.45) is 0 Å². The molecule has 0 saturated carbocycles. The second kappa shape index (κ2) is 10.3. The van der Waals surface area contributed by atoms with E-state index in [0.29, 0.717) is 13.1 Å². The first-order valence-electron chi connectivity index (χ1n) is 10.4. The fraction of sp³-hybridized carbons (Fsp3) is 0.545. The maximum absolute atomic E-state index is 12.6. The summed E-state index contributed by atoms with van der Waals surface area (Å²) in [6, 6.07) is 10.8. The van der Waals surface area contributed by atoms with E-state index >= 15 is 0 Å². The number of hydrogen-bond acceptors (Lipinski definition) is 3. The molecular formula is C22H33N5O. The molecule has 0 unspecified atom stereocenters. The zero-order valence-electron chi connectivity index (χ0n) is 17.2. The Balaban J connectivity index is 1.57. The Bertz CT molecular complexity index is 722. The van der Waals surface area contributed by atoms with Gasteiger partial charge in [-0.25, -0.2) is 9.78 Å². The van der Waals surface area contributed by atoms with Gasteiger partial charge in [-0.05, 0) is 38.4 Å². The second-order valence-corrected chi connectivity index (χ2v) is 7.65. The molecule has 2 amide bonds. The Morgan fingerprint density at radius 3 is 2.54 bits per heavy atom. The van der Waals surface area contributed by atoms with Crippen LogP contribution in [0.1, 0.15) is 43.1 Å². The molecule has 28 heavy (non-hydrogen) atoms. The lowest BCUT2D eigenvalue weighted by Crippen LogP contribution is -2.44. The van der Waals surface area contributed by atoms with Gasteiger partial charge in [0.1, 0.15) is 5.82 Å². The maximum Gasteiger partial charge on any atom is 0.317 e. The average Bonchev–Trinajstić information content (AvgIpc) is 2.95. The lowest BCUT2D eigenvalue weighted by Gasteiger charge is -2.32. The van der Waals surface area contributed by atoms with Gasteiger partial charge in [-0.2, -0.15) is 0 Å². The van der Waals surface area contributed by atoms with Crippen LogP contribution in [0.2, 0.25) is 0 Å². The molecule has 1 atom stereocenters. The molecule has 1 fully saturated rings. The van der Waals surface area contributed by atoms with Crippen molar-refractivity contribution in [1.82, 2.24) is 24.7 Å². The second-order valence-electron chi connectivity index (χ2n) is 7.65. The number of urea groups is 1. The standard InChI is InChI=1S/C22H33N5O/c1-19-23-12-15-26(19)17-16-25(2)22(28)24-18-21(20-10-6-5-7-11-20)27-13-8-3-4-9-14-27/h5-7,10-12,15,21H,3-4,8-9,13-14,16-18H2,1-2H3,(H,24,28)/t21-/m1/s1. The Morgan fingerprint density at radius 2 is 1.89 bits per heavy atom. The van der Waals surface area contributed by atoms with Gasteiger partial charge in [0, 0.05) is 39.1 Å². The van der Waals surface area contributed by atoms with E-state index in [0.717, 1.165) is 25.5 Å². The van der Waals surface area contributed by atoms with Crippen LogP contribution in [0.3, 0.4) is 0 Å². The lowest BCUT2D eigenvalue weighted by atomic mass is 10.0. The fourth-order valence-corrected chi connectivity index (χ4v) is 3.86. The molecule has 1 aliphatic heterocycles. The lowest BCUT2D eigenvalue weighted by molar-refractivity contribution is 0.183. The van der Waals surface area contributed by atoms with Crippen LogP contribution in [0.4, 0.5) is 4.79 Å². The third-order valence-electron chi connectivity index (χ3n) is 5.66. The summed E-state index contributed by atoms with van der Waals surface area (Å²) in [6.45, 7) is 6.23. The number of aromatic nitrogens is 2. The highest BCUT2D eigenvalue weighted by atomic mass is 16.2. The summed E-state index contributed by atoms with van der Waals surface area (Å²) in [5, 5.41) is 3.16. The number of nitrogens with zero attached hydrogens (tertiary/aromatic N) is 4. The number of carbonyl (C=O) groups is 1. The summed E-state index contributed by atoms with van der Waals surface area (Å²) in [6.07, 6.45) is 8.83. The Kier molecular flexibility index (Phi) is 7.48. The molecule has 1 aromatic carbocycles. The molecule has 1 aromatic heterocycles. The molecule has 152 valence electrons. The minimum Gasteiger partial charge on any atom is -0.336 e. The smallest absolute Gasteiger partial charge is 0.317 e. The SMILES string of the molecule is Cc1nccn1CCN(C)C(=O)NC[C@H](c1ccccc1)N1CCCCCC1. The van der Waals surface area contributed by atoms with Crippen molar-refractivity contribution in [3.63, 3.8) is 0 Å². The van der Waals surface area contributed by atoms with E-state index in [2.05, 4.69) is 44.0 Å². The van der Waals surface area contributed by atoms with Crippen LogP contribution in [-0.4, -0.2) is 58.6 Å². The molecule has 0 aliphatic carbocycles. The summed E-state index contributed by atoms with van der Waals surface area (Å²) in [5.74, 6) is 0.971. The van der Waals surface area contributed by atoms with E-state index in [-0.39, 0.29) is 12.1 Å². The van der Waals surface area contributed by atoms with Crippen molar-refractivity contribution in [3.8, 4) is 0 Å². The predicted octanol–water partition coefficient (Wildman–Crippen LogP) is 3.45. The Labute approximate surface area is 168 Å². The van der Waals surface area contributed by atoms with Crippen LogP contribution in [0, 0.1) is 6.92 Å². The molecule has 1 aliphatic rings. The first-order chi connectivity index (χ1) is 13.6. The van der Waals surface area contributed by atoms with Gasteiger partial charge in [-0.3, -0.25) is 4.90 Å². The normalized spacial score (nSPS) is 16.4. The van der Waals surface area contributed by atoms with Gasteiger partial charge < -0.3 is 14.8 Å². The van der Waals surface area contributed by atoms with Crippen LogP contribution in [0.25, 0.3) is 0 Å². The van der Waals surface area contributed by atoms with Crippen LogP contribution in [0.5, 0.6) is 0 Å². The number of amides is 2. The number of likely N-dealkylation sites (N-methyl/N-ethyl adjacent to an activating group) is 1. The minimum atomic E-state index is -0.0199. The number of hydrogen-bond donors (Lipinski definition) is 1.